The number of fused-ring (bicyclic) bond motifs is 1. The van der Waals surface area contributed by atoms with Gasteiger partial charge in [0.25, 0.3) is 0 Å². The molecule has 24 heavy (non-hydrogen) atoms. The van der Waals surface area contributed by atoms with Gasteiger partial charge in [-0.15, -0.1) is 0 Å². The molecule has 2 aliphatic heterocycles. The molecule has 2 saturated heterocycles. The molecule has 0 radical (unpaired) electrons. The Morgan fingerprint density at radius 3 is 2.83 bits per heavy atom. The third-order valence-corrected chi connectivity index (χ3v) is 4.75. The average molecular weight is 335 g/mol. The van der Waals surface area contributed by atoms with Crippen LogP contribution >= 0.6 is 0 Å². The van der Waals surface area contributed by atoms with Crippen molar-refractivity contribution in [1.82, 2.24) is 15.0 Å². The first kappa shape index (κ1) is 15.7. The van der Waals surface area contributed by atoms with Crippen LogP contribution in [0.2, 0.25) is 0 Å². The first-order valence-corrected chi connectivity index (χ1v) is 8.18. The number of benzene rings is 1. The first-order valence-electron chi connectivity index (χ1n) is 8.18. The molecule has 0 N–H and O–H groups in total. The van der Waals surface area contributed by atoms with Gasteiger partial charge in [0, 0.05) is 25.6 Å². The summed E-state index contributed by atoms with van der Waals surface area (Å²) >= 11 is 0. The summed E-state index contributed by atoms with van der Waals surface area (Å²) in [4.78, 5) is 6.45. The van der Waals surface area contributed by atoms with E-state index < -0.39 is 11.6 Å². The van der Waals surface area contributed by atoms with Gasteiger partial charge in [0.1, 0.15) is 0 Å². The molecule has 5 nitrogen and oxygen atoms in total. The molecule has 0 unspecified atom stereocenters. The van der Waals surface area contributed by atoms with E-state index in [0.29, 0.717) is 30.6 Å². The molecule has 0 amide bonds. The maximum atomic E-state index is 13.3. The van der Waals surface area contributed by atoms with E-state index >= 15 is 0 Å². The number of nitrogens with zero attached hydrogens (tertiary/aromatic N) is 3. The molecule has 0 spiro atoms. The second-order valence-electron chi connectivity index (χ2n) is 6.67. The highest BCUT2D eigenvalue weighted by Crippen LogP contribution is 2.34. The number of ether oxygens (including phenoxy) is 1. The summed E-state index contributed by atoms with van der Waals surface area (Å²) in [6.45, 7) is 4.13. The lowest BCUT2D eigenvalue weighted by molar-refractivity contribution is 0.0343. The summed E-state index contributed by atoms with van der Waals surface area (Å²) in [5.41, 5.74) is 0.784. The SMILES string of the molecule is Cc1noc(C[C@H]2C[C@H]3CN(Cc4ccc(F)c(F)c4)C[C@H]3O2)n1. The number of aryl methyl sites for hydroxylation is 1. The Morgan fingerprint density at radius 1 is 1.25 bits per heavy atom. The van der Waals surface area contributed by atoms with Crippen LogP contribution < -0.4 is 0 Å². The van der Waals surface area contributed by atoms with E-state index in [9.17, 15) is 8.78 Å². The van der Waals surface area contributed by atoms with E-state index in [-0.39, 0.29) is 12.2 Å². The van der Waals surface area contributed by atoms with Crippen LogP contribution in [-0.4, -0.2) is 40.3 Å². The molecule has 2 aromatic rings. The molecule has 1 aromatic carbocycles. The van der Waals surface area contributed by atoms with Crippen LogP contribution in [0, 0.1) is 24.5 Å². The minimum Gasteiger partial charge on any atom is -0.373 e. The lowest BCUT2D eigenvalue weighted by atomic mass is 10.0. The van der Waals surface area contributed by atoms with Gasteiger partial charge in [0.15, 0.2) is 17.5 Å². The van der Waals surface area contributed by atoms with Crippen LogP contribution in [0.3, 0.4) is 0 Å². The Morgan fingerprint density at radius 2 is 2.12 bits per heavy atom. The van der Waals surface area contributed by atoms with Crippen molar-refractivity contribution in [1.29, 1.82) is 0 Å². The predicted octanol–water partition coefficient (Wildman–Crippen LogP) is 2.49. The Balaban J connectivity index is 1.31. The molecule has 4 rings (SSSR count). The normalized spacial score (nSPS) is 26.9. The van der Waals surface area contributed by atoms with Crippen molar-refractivity contribution in [2.24, 2.45) is 5.92 Å². The molecule has 2 aliphatic rings. The fraction of sp³-hybridized carbons (Fsp3) is 0.529. The second-order valence-corrected chi connectivity index (χ2v) is 6.67. The van der Waals surface area contributed by atoms with Crippen LogP contribution in [0.15, 0.2) is 22.7 Å². The highest BCUT2D eigenvalue weighted by Gasteiger charge is 2.42. The number of hydrogen-bond donors (Lipinski definition) is 0. The predicted molar refractivity (Wildman–Crippen MR) is 81.1 cm³/mol. The summed E-state index contributed by atoms with van der Waals surface area (Å²) in [6.07, 6.45) is 1.91. The van der Waals surface area contributed by atoms with Gasteiger partial charge < -0.3 is 9.26 Å². The van der Waals surface area contributed by atoms with Gasteiger partial charge >= 0.3 is 0 Å². The zero-order valence-corrected chi connectivity index (χ0v) is 13.4. The quantitative estimate of drug-likeness (QED) is 0.859. The third-order valence-electron chi connectivity index (χ3n) is 4.75. The fourth-order valence-corrected chi connectivity index (χ4v) is 3.72. The minimum atomic E-state index is -0.806. The molecule has 7 heteroatoms. The summed E-state index contributed by atoms with van der Waals surface area (Å²) in [7, 11) is 0. The summed E-state index contributed by atoms with van der Waals surface area (Å²) in [5.74, 6) is 0.124. The van der Waals surface area contributed by atoms with E-state index in [1.54, 1.807) is 13.0 Å². The molecular formula is C17H19F2N3O2. The molecular weight excluding hydrogens is 316 g/mol. The van der Waals surface area contributed by atoms with Crippen molar-refractivity contribution >= 4 is 0 Å². The molecule has 0 saturated carbocycles. The second kappa shape index (κ2) is 6.22. The van der Waals surface area contributed by atoms with Crippen molar-refractivity contribution in [2.75, 3.05) is 13.1 Å². The van der Waals surface area contributed by atoms with Gasteiger partial charge in [0.2, 0.25) is 5.89 Å². The van der Waals surface area contributed by atoms with Crippen molar-refractivity contribution in [2.45, 2.75) is 38.5 Å². The first-order chi connectivity index (χ1) is 11.6. The molecule has 0 bridgehead atoms. The Bertz CT molecular complexity index is 722. The lowest BCUT2D eigenvalue weighted by Crippen LogP contribution is -2.25. The van der Waals surface area contributed by atoms with Crippen molar-refractivity contribution in [3.63, 3.8) is 0 Å². The van der Waals surface area contributed by atoms with Crippen LogP contribution in [0.5, 0.6) is 0 Å². The monoisotopic (exact) mass is 335 g/mol. The van der Waals surface area contributed by atoms with Gasteiger partial charge in [-0.2, -0.15) is 4.98 Å². The Kier molecular flexibility index (Phi) is 4.05. The number of likely N-dealkylation sites (tertiary alicyclic amines) is 1. The smallest absolute Gasteiger partial charge is 0.229 e. The third kappa shape index (κ3) is 3.18. The van der Waals surface area contributed by atoms with Gasteiger partial charge in [0.05, 0.1) is 18.6 Å². The molecule has 3 heterocycles. The lowest BCUT2D eigenvalue weighted by Gasteiger charge is -2.18. The van der Waals surface area contributed by atoms with Crippen molar-refractivity contribution in [3.8, 4) is 0 Å². The maximum absolute atomic E-state index is 13.3. The van der Waals surface area contributed by atoms with E-state index in [4.69, 9.17) is 9.26 Å². The number of rotatable bonds is 4. The zero-order valence-electron chi connectivity index (χ0n) is 13.4. The van der Waals surface area contributed by atoms with Crippen LogP contribution in [0.1, 0.15) is 23.7 Å². The topological polar surface area (TPSA) is 51.4 Å². The van der Waals surface area contributed by atoms with E-state index in [0.717, 1.165) is 25.1 Å². The summed E-state index contributed by atoms with van der Waals surface area (Å²) < 4.78 is 37.6. The van der Waals surface area contributed by atoms with Crippen LogP contribution in [0.25, 0.3) is 0 Å². The van der Waals surface area contributed by atoms with Gasteiger partial charge in [-0.05, 0) is 31.0 Å². The minimum absolute atomic E-state index is 0.116. The standard InChI is InChI=1S/C17H19F2N3O2/c1-10-20-17(24-21-10)6-13-5-12-8-22(9-16(12)23-13)7-11-2-3-14(18)15(19)4-11/h2-4,12-13,16H,5-9H2,1H3/t12-,13+,16+/m0/s1. The van der Waals surface area contributed by atoms with Crippen molar-refractivity contribution < 1.29 is 18.0 Å². The average Bonchev–Trinajstić information content (AvgIpc) is 3.18. The maximum Gasteiger partial charge on any atom is 0.229 e. The van der Waals surface area contributed by atoms with Gasteiger partial charge in [-0.25, -0.2) is 8.78 Å². The van der Waals surface area contributed by atoms with Crippen LogP contribution in [-0.2, 0) is 17.7 Å². The molecule has 3 atom stereocenters. The largest absolute Gasteiger partial charge is 0.373 e. The Hall–Kier alpha value is -1.86. The van der Waals surface area contributed by atoms with Gasteiger partial charge in [-0.1, -0.05) is 11.2 Å². The molecule has 0 aliphatic carbocycles. The van der Waals surface area contributed by atoms with Crippen molar-refractivity contribution in [3.05, 3.63) is 47.1 Å². The van der Waals surface area contributed by atoms with Crippen LogP contribution in [0.4, 0.5) is 8.78 Å². The van der Waals surface area contributed by atoms with Gasteiger partial charge in [-0.3, -0.25) is 4.90 Å². The number of aromatic nitrogens is 2. The summed E-state index contributed by atoms with van der Waals surface area (Å²) in [6, 6.07) is 4.08. The molecule has 1 aromatic heterocycles. The highest BCUT2D eigenvalue weighted by atomic mass is 19.2. The Labute approximate surface area is 138 Å². The summed E-state index contributed by atoms with van der Waals surface area (Å²) in [5, 5.41) is 3.80. The van der Waals surface area contributed by atoms with E-state index in [2.05, 4.69) is 15.0 Å². The van der Waals surface area contributed by atoms with E-state index in [1.165, 1.54) is 12.1 Å². The number of halogens is 2. The molecule has 128 valence electrons. The number of hydrogen-bond acceptors (Lipinski definition) is 5. The van der Waals surface area contributed by atoms with E-state index in [1.807, 2.05) is 0 Å². The molecule has 2 fully saturated rings. The zero-order chi connectivity index (χ0) is 16.7. The highest BCUT2D eigenvalue weighted by molar-refractivity contribution is 5.18. The fourth-order valence-electron chi connectivity index (χ4n) is 3.72.